The highest BCUT2D eigenvalue weighted by molar-refractivity contribution is 5.66. The zero-order valence-corrected chi connectivity index (χ0v) is 21.4. The van der Waals surface area contributed by atoms with Crippen LogP contribution in [0.3, 0.4) is 0 Å². The number of unbranched alkanes of at least 4 members (excludes halogenated alkanes) is 19. The van der Waals surface area contributed by atoms with Gasteiger partial charge in [-0.15, -0.1) is 0 Å². The van der Waals surface area contributed by atoms with Gasteiger partial charge in [-0.05, 0) is 38.0 Å². The van der Waals surface area contributed by atoms with Crippen molar-refractivity contribution in [3.63, 3.8) is 0 Å². The molecule has 0 saturated carbocycles. The fraction of sp³-hybridized carbons (Fsp3) is 0.897. The Morgan fingerprint density at radius 1 is 0.548 bits per heavy atom. The summed E-state index contributed by atoms with van der Waals surface area (Å²) in [6, 6.07) is 0. The van der Waals surface area contributed by atoms with Crippen LogP contribution in [0.25, 0.3) is 0 Å². The standard InChI is InChI=1S/C29H56O2/c1-28(2)26-24-22-20-18-16-14-12-10-8-6-4-3-5-7-9-11-13-15-17-19-21-23-25-27-29(30)31/h16,18,28H,3-15,17,19-27H2,1-2H3,(H,30,31). The first kappa shape index (κ1) is 30.2. The zero-order valence-electron chi connectivity index (χ0n) is 21.4. The Hall–Kier alpha value is -0.790. The SMILES string of the molecule is CC(C)CCCCC=CCCCCCCCCCCCCCCCCCCCC(=O)O. The summed E-state index contributed by atoms with van der Waals surface area (Å²) < 4.78 is 0. The molecular formula is C29H56O2. The van der Waals surface area contributed by atoms with Gasteiger partial charge in [0.2, 0.25) is 0 Å². The average Bonchev–Trinajstić information content (AvgIpc) is 2.73. The lowest BCUT2D eigenvalue weighted by molar-refractivity contribution is -0.137. The van der Waals surface area contributed by atoms with E-state index >= 15 is 0 Å². The molecule has 0 spiro atoms. The molecule has 2 nitrogen and oxygen atoms in total. The minimum atomic E-state index is -0.651. The maximum atomic E-state index is 10.4. The van der Waals surface area contributed by atoms with Gasteiger partial charge in [-0.2, -0.15) is 0 Å². The Balaban J connectivity index is 3.07. The van der Waals surface area contributed by atoms with Crippen molar-refractivity contribution in [1.82, 2.24) is 0 Å². The van der Waals surface area contributed by atoms with E-state index in [1.54, 1.807) is 0 Å². The van der Waals surface area contributed by atoms with Crippen molar-refractivity contribution in [3.8, 4) is 0 Å². The van der Waals surface area contributed by atoms with E-state index < -0.39 is 5.97 Å². The summed E-state index contributed by atoms with van der Waals surface area (Å²) in [6.45, 7) is 4.64. The summed E-state index contributed by atoms with van der Waals surface area (Å²) in [6.07, 6.45) is 34.6. The third-order valence-electron chi connectivity index (χ3n) is 6.33. The number of carbonyl (C=O) groups is 1. The molecule has 0 radical (unpaired) electrons. The van der Waals surface area contributed by atoms with Crippen LogP contribution < -0.4 is 0 Å². The van der Waals surface area contributed by atoms with Crippen LogP contribution in [0.2, 0.25) is 0 Å². The third-order valence-corrected chi connectivity index (χ3v) is 6.33. The van der Waals surface area contributed by atoms with E-state index in [-0.39, 0.29) is 0 Å². The van der Waals surface area contributed by atoms with E-state index in [2.05, 4.69) is 26.0 Å². The van der Waals surface area contributed by atoms with E-state index in [9.17, 15) is 4.79 Å². The van der Waals surface area contributed by atoms with Crippen LogP contribution in [0.4, 0.5) is 0 Å². The fourth-order valence-electron chi connectivity index (χ4n) is 4.24. The summed E-state index contributed by atoms with van der Waals surface area (Å²) in [7, 11) is 0. The van der Waals surface area contributed by atoms with Gasteiger partial charge in [-0.25, -0.2) is 0 Å². The molecule has 0 saturated heterocycles. The predicted molar refractivity (Wildman–Crippen MR) is 138 cm³/mol. The lowest BCUT2D eigenvalue weighted by atomic mass is 10.0. The van der Waals surface area contributed by atoms with Crippen LogP contribution in [-0.2, 0) is 4.79 Å². The van der Waals surface area contributed by atoms with Crippen LogP contribution in [-0.4, -0.2) is 11.1 Å². The molecule has 2 heteroatoms. The molecule has 0 unspecified atom stereocenters. The molecule has 0 fully saturated rings. The molecule has 0 aliphatic carbocycles. The normalized spacial score (nSPS) is 11.7. The van der Waals surface area contributed by atoms with Gasteiger partial charge in [0.25, 0.3) is 0 Å². The smallest absolute Gasteiger partial charge is 0.303 e. The largest absolute Gasteiger partial charge is 0.481 e. The Labute approximate surface area is 195 Å². The van der Waals surface area contributed by atoms with Gasteiger partial charge in [-0.3, -0.25) is 4.79 Å². The molecule has 1 N–H and O–H groups in total. The molecule has 0 aliphatic heterocycles. The van der Waals surface area contributed by atoms with Crippen LogP contribution in [0.1, 0.15) is 162 Å². The number of aliphatic carboxylic acids is 1. The van der Waals surface area contributed by atoms with Crippen LogP contribution in [0.15, 0.2) is 12.2 Å². The second-order valence-electron chi connectivity index (χ2n) is 10.1. The first-order valence-corrected chi connectivity index (χ1v) is 14.0. The number of allylic oxidation sites excluding steroid dienone is 2. The highest BCUT2D eigenvalue weighted by atomic mass is 16.4. The molecule has 0 atom stereocenters. The highest BCUT2D eigenvalue weighted by Crippen LogP contribution is 2.15. The number of hydrogen-bond acceptors (Lipinski definition) is 1. The van der Waals surface area contributed by atoms with Crippen LogP contribution >= 0.6 is 0 Å². The summed E-state index contributed by atoms with van der Waals surface area (Å²) in [4.78, 5) is 10.4. The van der Waals surface area contributed by atoms with Crippen molar-refractivity contribution in [2.45, 2.75) is 162 Å². The molecule has 0 aromatic rings. The number of carboxylic acids is 1. The van der Waals surface area contributed by atoms with Crippen LogP contribution in [0.5, 0.6) is 0 Å². The zero-order chi connectivity index (χ0) is 22.8. The van der Waals surface area contributed by atoms with E-state index in [4.69, 9.17) is 5.11 Å². The second-order valence-corrected chi connectivity index (χ2v) is 10.1. The summed E-state index contributed by atoms with van der Waals surface area (Å²) >= 11 is 0. The van der Waals surface area contributed by atoms with E-state index in [0.29, 0.717) is 6.42 Å². The quantitative estimate of drug-likeness (QED) is 0.114. The van der Waals surface area contributed by atoms with Gasteiger partial charge >= 0.3 is 5.97 Å². The minimum Gasteiger partial charge on any atom is -0.481 e. The maximum Gasteiger partial charge on any atom is 0.303 e. The molecule has 0 aromatic heterocycles. The summed E-state index contributed by atoms with van der Waals surface area (Å²) in [5, 5.41) is 8.60. The maximum absolute atomic E-state index is 10.4. The summed E-state index contributed by atoms with van der Waals surface area (Å²) in [5.74, 6) is 0.210. The van der Waals surface area contributed by atoms with Crippen LogP contribution in [0, 0.1) is 5.92 Å². The molecule has 0 aromatic carbocycles. The Bertz CT molecular complexity index is 386. The molecule has 0 aliphatic rings. The number of carboxylic acid groups (broad SMARTS) is 1. The number of hydrogen-bond donors (Lipinski definition) is 1. The molecular weight excluding hydrogens is 380 g/mol. The lowest BCUT2D eigenvalue weighted by Crippen LogP contribution is -1.93. The second kappa shape index (κ2) is 25.5. The van der Waals surface area contributed by atoms with Gasteiger partial charge in [-0.1, -0.05) is 135 Å². The third kappa shape index (κ3) is 29.2. The van der Waals surface area contributed by atoms with Gasteiger partial charge < -0.3 is 5.11 Å². The van der Waals surface area contributed by atoms with Crippen molar-refractivity contribution in [2.24, 2.45) is 5.92 Å². The van der Waals surface area contributed by atoms with Crippen molar-refractivity contribution in [3.05, 3.63) is 12.2 Å². The Morgan fingerprint density at radius 2 is 0.871 bits per heavy atom. The molecule has 184 valence electrons. The molecule has 0 rings (SSSR count). The van der Waals surface area contributed by atoms with Gasteiger partial charge in [0, 0.05) is 6.42 Å². The first-order chi connectivity index (χ1) is 15.1. The molecule has 0 bridgehead atoms. The molecule has 0 heterocycles. The van der Waals surface area contributed by atoms with Crippen molar-refractivity contribution < 1.29 is 9.90 Å². The van der Waals surface area contributed by atoms with Crippen molar-refractivity contribution >= 4 is 5.97 Å². The Kier molecular flexibility index (Phi) is 24.8. The lowest BCUT2D eigenvalue weighted by Gasteiger charge is -2.03. The minimum absolute atomic E-state index is 0.344. The topological polar surface area (TPSA) is 37.3 Å². The van der Waals surface area contributed by atoms with E-state index in [1.807, 2.05) is 0 Å². The monoisotopic (exact) mass is 436 g/mol. The van der Waals surface area contributed by atoms with E-state index in [0.717, 1.165) is 18.8 Å². The first-order valence-electron chi connectivity index (χ1n) is 14.0. The van der Waals surface area contributed by atoms with Crippen molar-refractivity contribution in [1.29, 1.82) is 0 Å². The average molecular weight is 437 g/mol. The van der Waals surface area contributed by atoms with Gasteiger partial charge in [0.05, 0.1) is 0 Å². The summed E-state index contributed by atoms with van der Waals surface area (Å²) in [5.41, 5.74) is 0. The molecule has 0 amide bonds. The fourth-order valence-corrected chi connectivity index (χ4v) is 4.24. The highest BCUT2D eigenvalue weighted by Gasteiger charge is 1.97. The van der Waals surface area contributed by atoms with Gasteiger partial charge in [0.1, 0.15) is 0 Å². The van der Waals surface area contributed by atoms with Gasteiger partial charge in [0.15, 0.2) is 0 Å². The number of rotatable bonds is 25. The predicted octanol–water partition coefficient (Wildman–Crippen LogP) is 10.3. The molecule has 31 heavy (non-hydrogen) atoms. The van der Waals surface area contributed by atoms with Crippen molar-refractivity contribution in [2.75, 3.05) is 0 Å². The Morgan fingerprint density at radius 3 is 1.23 bits per heavy atom. The van der Waals surface area contributed by atoms with E-state index in [1.165, 1.54) is 128 Å².